The lowest BCUT2D eigenvalue weighted by atomic mass is 10.1. The summed E-state index contributed by atoms with van der Waals surface area (Å²) in [7, 11) is -3.63. The number of aryl methyl sites for hydroxylation is 1. The number of benzene rings is 3. The molecule has 0 aromatic heterocycles. The number of thioether (sulfide) groups is 1. The lowest BCUT2D eigenvalue weighted by Crippen LogP contribution is -2.41. The third-order valence-corrected chi connectivity index (χ3v) is 7.30. The predicted octanol–water partition coefficient (Wildman–Crippen LogP) is 4.39. The van der Waals surface area contributed by atoms with Gasteiger partial charge in [-0.2, -0.15) is 11.8 Å². The van der Waals surface area contributed by atoms with Crippen LogP contribution in [0.1, 0.15) is 16.7 Å². The van der Waals surface area contributed by atoms with Gasteiger partial charge in [-0.3, -0.25) is 9.10 Å². The van der Waals surface area contributed by atoms with Gasteiger partial charge in [0.05, 0.1) is 11.9 Å². The fraction of sp³-hybridized carbons (Fsp3) is 0.269. The molecule has 0 bridgehead atoms. The van der Waals surface area contributed by atoms with Gasteiger partial charge in [-0.05, 0) is 47.9 Å². The van der Waals surface area contributed by atoms with E-state index in [0.717, 1.165) is 27.6 Å². The van der Waals surface area contributed by atoms with Gasteiger partial charge in [0.1, 0.15) is 18.9 Å². The minimum absolute atomic E-state index is 0.272. The maximum atomic E-state index is 12.4. The van der Waals surface area contributed by atoms with E-state index in [1.165, 1.54) is 11.1 Å². The molecule has 3 aromatic rings. The Balaban J connectivity index is 1.49. The van der Waals surface area contributed by atoms with Crippen molar-refractivity contribution in [2.24, 2.45) is 0 Å². The number of hydrogen-bond donors (Lipinski definition) is 1. The minimum atomic E-state index is -3.63. The van der Waals surface area contributed by atoms with Crippen molar-refractivity contribution >= 4 is 33.4 Å². The molecular weight excluding hydrogens is 468 g/mol. The minimum Gasteiger partial charge on any atom is -0.489 e. The molecule has 3 aromatic carbocycles. The van der Waals surface area contributed by atoms with E-state index < -0.39 is 10.0 Å². The molecule has 0 unspecified atom stereocenters. The van der Waals surface area contributed by atoms with Crippen LogP contribution in [0.4, 0.5) is 5.69 Å². The van der Waals surface area contributed by atoms with Crippen molar-refractivity contribution in [1.29, 1.82) is 0 Å². The standard InChI is InChI=1S/C26H30N2O4S2/c1-21-8-6-7-11-23(21)20-33-17-16-27-26(29)18-28(34(2,30)31)24-12-14-25(15-13-24)32-19-22-9-4-3-5-10-22/h3-15H,16-20H2,1-2H3,(H,27,29). The number of rotatable bonds is 12. The molecule has 6 nitrogen and oxygen atoms in total. The van der Waals surface area contributed by atoms with E-state index >= 15 is 0 Å². The van der Waals surface area contributed by atoms with Crippen LogP contribution in [-0.4, -0.2) is 39.4 Å². The third-order valence-electron chi connectivity index (χ3n) is 5.15. The lowest BCUT2D eigenvalue weighted by Gasteiger charge is -2.22. The largest absolute Gasteiger partial charge is 0.489 e. The van der Waals surface area contributed by atoms with Crippen LogP contribution in [0.2, 0.25) is 0 Å². The monoisotopic (exact) mass is 498 g/mol. The molecule has 0 aliphatic heterocycles. The van der Waals surface area contributed by atoms with Crippen molar-refractivity contribution in [2.45, 2.75) is 19.3 Å². The highest BCUT2D eigenvalue weighted by Gasteiger charge is 2.20. The number of ether oxygens (including phenoxy) is 1. The van der Waals surface area contributed by atoms with E-state index in [1.54, 1.807) is 36.0 Å². The zero-order chi connectivity index (χ0) is 24.4. The summed E-state index contributed by atoms with van der Waals surface area (Å²) >= 11 is 1.73. The van der Waals surface area contributed by atoms with Gasteiger partial charge in [0.2, 0.25) is 15.9 Å². The van der Waals surface area contributed by atoms with Gasteiger partial charge in [0.25, 0.3) is 0 Å². The molecule has 8 heteroatoms. The Morgan fingerprint density at radius 3 is 2.32 bits per heavy atom. The Bertz CT molecular complexity index is 1170. The van der Waals surface area contributed by atoms with E-state index in [9.17, 15) is 13.2 Å². The molecule has 0 saturated heterocycles. The average molecular weight is 499 g/mol. The summed E-state index contributed by atoms with van der Waals surface area (Å²) < 4.78 is 31.5. The zero-order valence-electron chi connectivity index (χ0n) is 19.4. The molecule has 0 saturated carbocycles. The fourth-order valence-corrected chi connectivity index (χ4v) is 5.04. The smallest absolute Gasteiger partial charge is 0.240 e. The summed E-state index contributed by atoms with van der Waals surface area (Å²) in [5.41, 5.74) is 3.98. The number of nitrogens with zero attached hydrogens (tertiary/aromatic N) is 1. The summed E-state index contributed by atoms with van der Waals surface area (Å²) in [6.45, 7) is 2.70. The maximum Gasteiger partial charge on any atom is 0.240 e. The third kappa shape index (κ3) is 8.11. The highest BCUT2D eigenvalue weighted by molar-refractivity contribution is 7.98. The molecule has 0 heterocycles. The molecular formula is C26H30N2O4S2. The Hall–Kier alpha value is -2.97. The van der Waals surface area contributed by atoms with Crippen LogP contribution in [0.15, 0.2) is 78.9 Å². The first-order chi connectivity index (χ1) is 16.3. The maximum absolute atomic E-state index is 12.4. The van der Waals surface area contributed by atoms with Crippen LogP contribution >= 0.6 is 11.8 Å². The van der Waals surface area contributed by atoms with Gasteiger partial charge in [0, 0.05) is 18.1 Å². The quantitative estimate of drug-likeness (QED) is 0.375. The van der Waals surface area contributed by atoms with Crippen molar-refractivity contribution in [3.8, 4) is 5.75 Å². The first-order valence-corrected chi connectivity index (χ1v) is 14.0. The van der Waals surface area contributed by atoms with Crippen LogP contribution in [0, 0.1) is 6.92 Å². The topological polar surface area (TPSA) is 75.7 Å². The van der Waals surface area contributed by atoms with Crippen LogP contribution in [-0.2, 0) is 27.2 Å². The second-order valence-electron chi connectivity index (χ2n) is 7.87. The SMILES string of the molecule is Cc1ccccc1CSCCNC(=O)CN(c1ccc(OCc2ccccc2)cc1)S(C)(=O)=O. The van der Waals surface area contributed by atoms with E-state index in [4.69, 9.17) is 4.74 Å². The Kier molecular flexibility index (Phi) is 9.42. The number of nitrogens with one attached hydrogen (secondary N) is 1. The van der Waals surface area contributed by atoms with Gasteiger partial charge in [-0.15, -0.1) is 0 Å². The molecule has 3 rings (SSSR count). The first kappa shape index (κ1) is 25.6. The van der Waals surface area contributed by atoms with Crippen molar-refractivity contribution in [2.75, 3.05) is 29.4 Å². The lowest BCUT2D eigenvalue weighted by molar-refractivity contribution is -0.119. The summed E-state index contributed by atoms with van der Waals surface area (Å²) in [5, 5.41) is 2.82. The molecule has 1 amide bonds. The Morgan fingerprint density at radius 2 is 1.65 bits per heavy atom. The highest BCUT2D eigenvalue weighted by atomic mass is 32.2. The first-order valence-electron chi connectivity index (χ1n) is 11.0. The van der Waals surface area contributed by atoms with Gasteiger partial charge in [-0.1, -0.05) is 54.6 Å². The molecule has 0 spiro atoms. The number of anilines is 1. The van der Waals surface area contributed by atoms with E-state index in [-0.39, 0.29) is 12.5 Å². The molecule has 0 atom stereocenters. The van der Waals surface area contributed by atoms with Gasteiger partial charge < -0.3 is 10.1 Å². The normalized spacial score (nSPS) is 11.1. The van der Waals surface area contributed by atoms with Crippen molar-refractivity contribution in [3.63, 3.8) is 0 Å². The summed E-state index contributed by atoms with van der Waals surface area (Å²) in [6, 6.07) is 24.7. The van der Waals surface area contributed by atoms with Gasteiger partial charge in [0.15, 0.2) is 0 Å². The second kappa shape index (κ2) is 12.5. The van der Waals surface area contributed by atoms with Crippen LogP contribution in [0.25, 0.3) is 0 Å². The van der Waals surface area contributed by atoms with Gasteiger partial charge in [-0.25, -0.2) is 8.42 Å². The molecule has 0 fully saturated rings. The van der Waals surface area contributed by atoms with Crippen molar-refractivity contribution in [1.82, 2.24) is 5.32 Å². The van der Waals surface area contributed by atoms with E-state index in [0.29, 0.717) is 24.6 Å². The van der Waals surface area contributed by atoms with Crippen LogP contribution in [0.3, 0.4) is 0 Å². The van der Waals surface area contributed by atoms with Crippen molar-refractivity contribution < 1.29 is 17.9 Å². The summed E-state index contributed by atoms with van der Waals surface area (Å²) in [6.07, 6.45) is 1.10. The van der Waals surface area contributed by atoms with Crippen molar-refractivity contribution in [3.05, 3.63) is 95.6 Å². The van der Waals surface area contributed by atoms with Gasteiger partial charge >= 0.3 is 0 Å². The Labute approximate surface area is 206 Å². The van der Waals surface area contributed by atoms with E-state index in [2.05, 4.69) is 24.4 Å². The molecule has 1 N–H and O–H groups in total. The predicted molar refractivity (Wildman–Crippen MR) is 140 cm³/mol. The number of hydrogen-bond acceptors (Lipinski definition) is 5. The second-order valence-corrected chi connectivity index (χ2v) is 10.9. The number of carbonyl (C=O) groups is 1. The average Bonchev–Trinajstić information content (AvgIpc) is 2.82. The molecule has 0 aliphatic rings. The zero-order valence-corrected chi connectivity index (χ0v) is 21.1. The van der Waals surface area contributed by atoms with E-state index in [1.807, 2.05) is 42.5 Å². The number of carbonyl (C=O) groups excluding carboxylic acids is 1. The molecule has 180 valence electrons. The van der Waals surface area contributed by atoms with Crippen LogP contribution in [0.5, 0.6) is 5.75 Å². The fourth-order valence-electron chi connectivity index (χ4n) is 3.25. The number of amides is 1. The Morgan fingerprint density at radius 1 is 0.971 bits per heavy atom. The molecule has 0 radical (unpaired) electrons. The highest BCUT2D eigenvalue weighted by Crippen LogP contribution is 2.22. The molecule has 0 aliphatic carbocycles. The summed E-state index contributed by atoms with van der Waals surface area (Å²) in [5.74, 6) is 1.89. The summed E-state index contributed by atoms with van der Waals surface area (Å²) in [4.78, 5) is 12.4. The van der Waals surface area contributed by atoms with Crippen LogP contribution < -0.4 is 14.4 Å². The number of sulfonamides is 1. The molecule has 34 heavy (non-hydrogen) atoms.